The molecule has 0 amide bonds. The number of aryl methyl sites for hydroxylation is 1. The second-order valence-electron chi connectivity index (χ2n) is 4.09. The molecule has 0 aliphatic carbocycles. The maximum absolute atomic E-state index is 13.1. The molecular weight excluding hydrogens is 251 g/mol. The smallest absolute Gasteiger partial charge is 0.352 e. The summed E-state index contributed by atoms with van der Waals surface area (Å²) in [6.07, 6.45) is 1.37. The summed E-state index contributed by atoms with van der Waals surface area (Å²) in [5, 5.41) is 8.91. The molecule has 0 aliphatic rings. The Balaban J connectivity index is 2.47. The summed E-state index contributed by atoms with van der Waals surface area (Å²) in [6, 6.07) is 4.71. The first-order chi connectivity index (χ1) is 8.90. The van der Waals surface area contributed by atoms with Gasteiger partial charge in [0.25, 0.3) is 0 Å². The van der Waals surface area contributed by atoms with Gasteiger partial charge >= 0.3 is 5.97 Å². The SMILES string of the molecule is Cn1cc(C(=O)c2cc(F)ccc2N)cc1C(=O)O. The number of carbonyl (C=O) groups excluding carboxylic acids is 1. The van der Waals surface area contributed by atoms with Crippen molar-refractivity contribution in [2.45, 2.75) is 0 Å². The normalized spacial score (nSPS) is 10.4. The van der Waals surface area contributed by atoms with Crippen molar-refractivity contribution in [1.29, 1.82) is 0 Å². The molecule has 1 heterocycles. The average Bonchev–Trinajstić information content (AvgIpc) is 2.74. The van der Waals surface area contributed by atoms with Crippen molar-refractivity contribution >= 4 is 17.4 Å². The van der Waals surface area contributed by atoms with Crippen LogP contribution >= 0.6 is 0 Å². The van der Waals surface area contributed by atoms with E-state index in [0.717, 1.165) is 12.1 Å². The van der Waals surface area contributed by atoms with Crippen LogP contribution in [0, 0.1) is 5.82 Å². The highest BCUT2D eigenvalue weighted by Gasteiger charge is 2.18. The number of carboxylic acids is 1. The minimum absolute atomic E-state index is 0.0162. The van der Waals surface area contributed by atoms with E-state index in [1.165, 1.54) is 29.9 Å². The lowest BCUT2D eigenvalue weighted by Crippen LogP contribution is -2.05. The van der Waals surface area contributed by atoms with Crippen molar-refractivity contribution in [3.8, 4) is 0 Å². The first-order valence-electron chi connectivity index (χ1n) is 5.39. The molecule has 6 heteroatoms. The van der Waals surface area contributed by atoms with Gasteiger partial charge in [0.05, 0.1) is 0 Å². The highest BCUT2D eigenvalue weighted by atomic mass is 19.1. The zero-order valence-corrected chi connectivity index (χ0v) is 10.1. The summed E-state index contributed by atoms with van der Waals surface area (Å²) in [5.41, 5.74) is 5.90. The van der Waals surface area contributed by atoms with Crippen LogP contribution in [-0.4, -0.2) is 21.4 Å². The van der Waals surface area contributed by atoms with E-state index in [4.69, 9.17) is 10.8 Å². The van der Waals surface area contributed by atoms with E-state index in [9.17, 15) is 14.0 Å². The van der Waals surface area contributed by atoms with E-state index >= 15 is 0 Å². The number of aromatic nitrogens is 1. The number of carboxylic acid groups (broad SMARTS) is 1. The minimum atomic E-state index is -1.14. The molecule has 0 fully saturated rings. The van der Waals surface area contributed by atoms with Crippen molar-refractivity contribution in [1.82, 2.24) is 4.57 Å². The lowest BCUT2D eigenvalue weighted by Gasteiger charge is -2.03. The lowest BCUT2D eigenvalue weighted by molar-refractivity contribution is 0.0686. The molecule has 0 bridgehead atoms. The van der Waals surface area contributed by atoms with E-state index in [1.807, 2.05) is 0 Å². The minimum Gasteiger partial charge on any atom is -0.477 e. The van der Waals surface area contributed by atoms with Crippen molar-refractivity contribution < 1.29 is 19.1 Å². The Morgan fingerprint density at radius 2 is 2.00 bits per heavy atom. The maximum atomic E-state index is 13.1. The summed E-state index contributed by atoms with van der Waals surface area (Å²) in [4.78, 5) is 23.1. The highest BCUT2D eigenvalue weighted by molar-refractivity contribution is 6.12. The Hall–Kier alpha value is -2.63. The molecule has 0 atom stereocenters. The van der Waals surface area contributed by atoms with Gasteiger partial charge in [-0.05, 0) is 24.3 Å². The third-order valence-corrected chi connectivity index (χ3v) is 2.75. The number of anilines is 1. The number of aromatic carboxylic acids is 1. The second kappa shape index (κ2) is 4.56. The van der Waals surface area contributed by atoms with E-state index in [-0.39, 0.29) is 22.5 Å². The largest absolute Gasteiger partial charge is 0.477 e. The summed E-state index contributed by atoms with van der Waals surface area (Å²) >= 11 is 0. The molecule has 0 unspecified atom stereocenters. The number of nitrogens with zero attached hydrogens (tertiary/aromatic N) is 1. The van der Waals surface area contributed by atoms with Crippen LogP contribution in [0.1, 0.15) is 26.4 Å². The second-order valence-corrected chi connectivity index (χ2v) is 4.09. The number of rotatable bonds is 3. The van der Waals surface area contributed by atoms with Gasteiger partial charge in [-0.1, -0.05) is 0 Å². The van der Waals surface area contributed by atoms with E-state index in [0.29, 0.717) is 0 Å². The Morgan fingerprint density at radius 3 is 2.58 bits per heavy atom. The quantitative estimate of drug-likeness (QED) is 0.651. The van der Waals surface area contributed by atoms with E-state index < -0.39 is 17.6 Å². The van der Waals surface area contributed by atoms with Crippen LogP contribution in [0.3, 0.4) is 0 Å². The Kier molecular flexibility index (Phi) is 3.08. The monoisotopic (exact) mass is 262 g/mol. The fraction of sp³-hybridized carbons (Fsp3) is 0.0769. The van der Waals surface area contributed by atoms with Gasteiger partial charge in [-0.2, -0.15) is 0 Å². The van der Waals surface area contributed by atoms with Gasteiger partial charge in [0.2, 0.25) is 0 Å². The topological polar surface area (TPSA) is 85.3 Å². The number of benzene rings is 1. The third-order valence-electron chi connectivity index (χ3n) is 2.75. The Labute approximate surface area is 108 Å². The molecule has 1 aromatic carbocycles. The van der Waals surface area contributed by atoms with Gasteiger partial charge in [-0.25, -0.2) is 9.18 Å². The fourth-order valence-corrected chi connectivity index (χ4v) is 1.78. The van der Waals surface area contributed by atoms with Gasteiger partial charge in [-0.3, -0.25) is 4.79 Å². The van der Waals surface area contributed by atoms with Crippen LogP contribution in [0.5, 0.6) is 0 Å². The summed E-state index contributed by atoms with van der Waals surface area (Å²) in [7, 11) is 1.51. The molecule has 19 heavy (non-hydrogen) atoms. The zero-order valence-electron chi connectivity index (χ0n) is 10.1. The Bertz CT molecular complexity index is 677. The highest BCUT2D eigenvalue weighted by Crippen LogP contribution is 2.19. The van der Waals surface area contributed by atoms with Crippen LogP contribution in [0.15, 0.2) is 30.5 Å². The molecular formula is C13H11FN2O3. The van der Waals surface area contributed by atoms with Crippen LogP contribution in [0.25, 0.3) is 0 Å². The van der Waals surface area contributed by atoms with Gasteiger partial charge in [0, 0.05) is 30.1 Å². The number of hydrogen-bond donors (Lipinski definition) is 2. The predicted molar refractivity (Wildman–Crippen MR) is 66.6 cm³/mol. The molecule has 0 saturated carbocycles. The Morgan fingerprint density at radius 1 is 1.32 bits per heavy atom. The average molecular weight is 262 g/mol. The number of nitrogens with two attached hydrogens (primary N) is 1. The number of hydrogen-bond acceptors (Lipinski definition) is 3. The molecule has 0 aliphatic heterocycles. The maximum Gasteiger partial charge on any atom is 0.352 e. The summed E-state index contributed by atoms with van der Waals surface area (Å²) < 4.78 is 14.4. The van der Waals surface area contributed by atoms with Gasteiger partial charge < -0.3 is 15.4 Å². The molecule has 5 nitrogen and oxygen atoms in total. The first-order valence-corrected chi connectivity index (χ1v) is 5.39. The van der Waals surface area contributed by atoms with Crippen molar-refractivity contribution in [3.05, 3.63) is 53.1 Å². The number of carbonyl (C=O) groups is 2. The molecule has 1 aromatic heterocycles. The van der Waals surface area contributed by atoms with Crippen molar-refractivity contribution in [2.24, 2.45) is 7.05 Å². The van der Waals surface area contributed by atoms with Gasteiger partial charge in [-0.15, -0.1) is 0 Å². The number of ketones is 1. The fourth-order valence-electron chi connectivity index (χ4n) is 1.78. The molecule has 2 rings (SSSR count). The lowest BCUT2D eigenvalue weighted by atomic mass is 10.0. The first kappa shape index (κ1) is 12.8. The van der Waals surface area contributed by atoms with Crippen molar-refractivity contribution in [2.75, 3.05) is 5.73 Å². The van der Waals surface area contributed by atoms with Crippen LogP contribution < -0.4 is 5.73 Å². The summed E-state index contributed by atoms with van der Waals surface area (Å²) in [5.74, 6) is -2.24. The van der Waals surface area contributed by atoms with Gasteiger partial charge in [0.1, 0.15) is 11.5 Å². The van der Waals surface area contributed by atoms with Crippen LogP contribution in [0.4, 0.5) is 10.1 Å². The molecule has 2 aromatic rings. The van der Waals surface area contributed by atoms with Crippen LogP contribution in [-0.2, 0) is 7.05 Å². The predicted octanol–water partition coefficient (Wildman–Crippen LogP) is 1.68. The molecule has 0 radical (unpaired) electrons. The van der Waals surface area contributed by atoms with Crippen molar-refractivity contribution in [3.63, 3.8) is 0 Å². The van der Waals surface area contributed by atoms with Gasteiger partial charge in [0.15, 0.2) is 5.78 Å². The zero-order chi connectivity index (χ0) is 14.2. The standard InChI is InChI=1S/C13H11FN2O3/c1-16-6-7(4-11(16)13(18)19)12(17)9-5-8(14)2-3-10(9)15/h2-6H,15H2,1H3,(H,18,19). The van der Waals surface area contributed by atoms with E-state index in [2.05, 4.69) is 0 Å². The van der Waals surface area contributed by atoms with E-state index in [1.54, 1.807) is 0 Å². The number of halogens is 1. The molecule has 0 saturated heterocycles. The summed E-state index contributed by atoms with van der Waals surface area (Å²) in [6.45, 7) is 0. The molecule has 98 valence electrons. The number of nitrogen functional groups attached to an aromatic ring is 1. The third kappa shape index (κ3) is 2.33. The molecule has 0 spiro atoms. The molecule has 3 N–H and O–H groups in total. The van der Waals surface area contributed by atoms with Crippen LogP contribution in [0.2, 0.25) is 0 Å².